The fourth-order valence-corrected chi connectivity index (χ4v) is 3.74. The van der Waals surface area contributed by atoms with Crippen molar-refractivity contribution in [2.24, 2.45) is 0 Å². The number of halogens is 2. The molecule has 164 valence electrons. The van der Waals surface area contributed by atoms with Gasteiger partial charge in [-0.1, -0.05) is 0 Å². The standard InChI is InChI=1S/C21H24F2N6O2/c1-21(2,3)31-27-20(30)18-16-10-17(25-11-29(16)26-19(18)24)28-8-4-5-15(28)13-9-12(22)6-7-14(13)23/h6-7,9-11,15H,4-5,8H2,1-3H3,(H2,24,26)(H,27,30)/t15-/m1/s1. The number of carbonyl (C=O) groups excluding carboxylic acids is 1. The van der Waals surface area contributed by atoms with Crippen LogP contribution in [0.4, 0.5) is 20.4 Å². The van der Waals surface area contributed by atoms with E-state index in [1.165, 1.54) is 16.9 Å². The van der Waals surface area contributed by atoms with Crippen LogP contribution in [-0.4, -0.2) is 32.7 Å². The van der Waals surface area contributed by atoms with Crippen LogP contribution in [0.5, 0.6) is 0 Å². The molecule has 0 aliphatic carbocycles. The van der Waals surface area contributed by atoms with E-state index in [2.05, 4.69) is 15.6 Å². The summed E-state index contributed by atoms with van der Waals surface area (Å²) < 4.78 is 29.6. The predicted molar refractivity (Wildman–Crippen MR) is 111 cm³/mol. The van der Waals surface area contributed by atoms with Gasteiger partial charge in [-0.25, -0.2) is 23.8 Å². The van der Waals surface area contributed by atoms with Crippen LogP contribution in [0.1, 0.15) is 55.6 Å². The molecule has 4 rings (SSSR count). The average Bonchev–Trinajstić information content (AvgIpc) is 3.30. The summed E-state index contributed by atoms with van der Waals surface area (Å²) in [4.78, 5) is 24.4. The molecular weight excluding hydrogens is 406 g/mol. The van der Waals surface area contributed by atoms with Gasteiger partial charge < -0.3 is 10.6 Å². The maximum Gasteiger partial charge on any atom is 0.280 e. The zero-order valence-electron chi connectivity index (χ0n) is 17.5. The first-order valence-electron chi connectivity index (χ1n) is 9.98. The Bertz CT molecular complexity index is 1140. The van der Waals surface area contributed by atoms with Gasteiger partial charge in [0.25, 0.3) is 5.91 Å². The molecule has 1 atom stereocenters. The van der Waals surface area contributed by atoms with Crippen molar-refractivity contribution in [3.8, 4) is 0 Å². The number of rotatable bonds is 4. The van der Waals surface area contributed by atoms with Gasteiger partial charge in [-0.05, 0) is 51.8 Å². The molecule has 2 aromatic heterocycles. The Hall–Kier alpha value is -3.27. The van der Waals surface area contributed by atoms with Crippen molar-refractivity contribution in [2.45, 2.75) is 45.3 Å². The molecule has 0 unspecified atom stereocenters. The van der Waals surface area contributed by atoms with E-state index in [4.69, 9.17) is 10.6 Å². The summed E-state index contributed by atoms with van der Waals surface area (Å²) in [6, 6.07) is 4.75. The normalized spacial score (nSPS) is 16.8. The topological polar surface area (TPSA) is 97.8 Å². The minimum Gasteiger partial charge on any atom is -0.382 e. The third kappa shape index (κ3) is 4.15. The smallest absolute Gasteiger partial charge is 0.280 e. The molecule has 8 nitrogen and oxygen atoms in total. The van der Waals surface area contributed by atoms with E-state index >= 15 is 0 Å². The molecule has 1 aliphatic heterocycles. The number of hydrogen-bond acceptors (Lipinski definition) is 6. The summed E-state index contributed by atoms with van der Waals surface area (Å²) in [6.45, 7) is 6.01. The molecule has 1 aliphatic rings. The molecule has 0 saturated carbocycles. The molecule has 1 fully saturated rings. The number of aromatic nitrogens is 3. The molecule has 1 saturated heterocycles. The van der Waals surface area contributed by atoms with E-state index < -0.39 is 23.1 Å². The van der Waals surface area contributed by atoms with Crippen molar-refractivity contribution in [1.82, 2.24) is 20.1 Å². The lowest BCUT2D eigenvalue weighted by molar-refractivity contribution is -0.0588. The summed E-state index contributed by atoms with van der Waals surface area (Å²) in [5.74, 6) is -0.943. The van der Waals surface area contributed by atoms with Gasteiger partial charge in [0.15, 0.2) is 5.82 Å². The Morgan fingerprint density at radius 3 is 2.81 bits per heavy atom. The molecule has 0 bridgehead atoms. The summed E-state index contributed by atoms with van der Waals surface area (Å²) in [5.41, 5.74) is 8.65. The Labute approximate surface area is 178 Å². The van der Waals surface area contributed by atoms with E-state index in [9.17, 15) is 13.6 Å². The van der Waals surface area contributed by atoms with Crippen LogP contribution in [0, 0.1) is 11.6 Å². The van der Waals surface area contributed by atoms with Crippen LogP contribution in [0.15, 0.2) is 30.6 Å². The average molecular weight is 430 g/mol. The van der Waals surface area contributed by atoms with Gasteiger partial charge in [0.05, 0.1) is 17.2 Å². The number of nitrogens with two attached hydrogens (primary N) is 1. The zero-order chi connectivity index (χ0) is 22.3. The highest BCUT2D eigenvalue weighted by Crippen LogP contribution is 2.37. The second kappa shape index (κ2) is 7.77. The van der Waals surface area contributed by atoms with Crippen molar-refractivity contribution >= 4 is 23.1 Å². The predicted octanol–water partition coefficient (Wildman–Crippen LogP) is 3.39. The first kappa shape index (κ1) is 21.0. The Balaban J connectivity index is 1.70. The lowest BCUT2D eigenvalue weighted by atomic mass is 10.0. The van der Waals surface area contributed by atoms with Crippen LogP contribution >= 0.6 is 0 Å². The van der Waals surface area contributed by atoms with Crippen molar-refractivity contribution in [3.63, 3.8) is 0 Å². The van der Waals surface area contributed by atoms with Crippen molar-refractivity contribution in [3.05, 3.63) is 53.4 Å². The van der Waals surface area contributed by atoms with E-state index in [1.807, 2.05) is 4.90 Å². The number of carbonyl (C=O) groups is 1. The SMILES string of the molecule is CC(C)(C)ONC(=O)c1c(N)nn2cnc(N3CCC[C@@H]3c3cc(F)ccc3F)cc12. The number of fused-ring (bicyclic) bond motifs is 1. The maximum absolute atomic E-state index is 14.4. The number of anilines is 2. The quantitative estimate of drug-likeness (QED) is 0.616. The zero-order valence-corrected chi connectivity index (χ0v) is 17.5. The van der Waals surface area contributed by atoms with Crippen LogP contribution in [0.3, 0.4) is 0 Å². The van der Waals surface area contributed by atoms with Crippen LogP contribution in [-0.2, 0) is 4.84 Å². The fourth-order valence-electron chi connectivity index (χ4n) is 3.74. The Kier molecular flexibility index (Phi) is 5.26. The molecule has 1 aromatic carbocycles. The number of nitrogens with zero attached hydrogens (tertiary/aromatic N) is 4. The number of nitrogens with one attached hydrogen (secondary N) is 1. The van der Waals surface area contributed by atoms with Gasteiger partial charge in [0.1, 0.15) is 29.3 Å². The summed E-state index contributed by atoms with van der Waals surface area (Å²) in [5, 5.41) is 4.14. The monoisotopic (exact) mass is 430 g/mol. The minimum atomic E-state index is -0.585. The van der Waals surface area contributed by atoms with Gasteiger partial charge in [0, 0.05) is 18.2 Å². The van der Waals surface area contributed by atoms with Crippen molar-refractivity contribution in [1.29, 1.82) is 0 Å². The fraction of sp³-hybridized carbons (Fsp3) is 0.381. The van der Waals surface area contributed by atoms with E-state index in [0.717, 1.165) is 18.6 Å². The summed E-state index contributed by atoms with van der Waals surface area (Å²) in [7, 11) is 0. The largest absolute Gasteiger partial charge is 0.382 e. The lowest BCUT2D eigenvalue weighted by Gasteiger charge is -2.26. The van der Waals surface area contributed by atoms with Crippen molar-refractivity contribution < 1.29 is 18.4 Å². The molecule has 10 heteroatoms. The van der Waals surface area contributed by atoms with Gasteiger partial charge in [-0.15, -0.1) is 5.10 Å². The van der Waals surface area contributed by atoms with E-state index in [0.29, 0.717) is 24.3 Å². The summed E-state index contributed by atoms with van der Waals surface area (Å²) >= 11 is 0. The highest BCUT2D eigenvalue weighted by molar-refractivity contribution is 6.04. The first-order chi connectivity index (χ1) is 14.6. The van der Waals surface area contributed by atoms with Crippen LogP contribution in [0.25, 0.3) is 5.52 Å². The third-order valence-corrected chi connectivity index (χ3v) is 5.08. The Morgan fingerprint density at radius 2 is 2.06 bits per heavy atom. The molecular formula is C21H24F2N6O2. The molecule has 0 radical (unpaired) electrons. The van der Waals surface area contributed by atoms with Gasteiger partial charge in [-0.2, -0.15) is 0 Å². The third-order valence-electron chi connectivity index (χ3n) is 5.08. The summed E-state index contributed by atoms with van der Waals surface area (Å²) in [6.07, 6.45) is 2.89. The highest BCUT2D eigenvalue weighted by atomic mass is 19.1. The number of benzene rings is 1. The van der Waals surface area contributed by atoms with Gasteiger partial charge in [0.2, 0.25) is 0 Å². The second-order valence-corrected chi connectivity index (χ2v) is 8.50. The number of nitrogen functional groups attached to an aromatic ring is 1. The maximum atomic E-state index is 14.4. The molecule has 0 spiro atoms. The number of hydrogen-bond donors (Lipinski definition) is 2. The number of amides is 1. The first-order valence-corrected chi connectivity index (χ1v) is 9.98. The van der Waals surface area contributed by atoms with E-state index in [1.54, 1.807) is 26.8 Å². The molecule has 3 heterocycles. The van der Waals surface area contributed by atoms with Gasteiger partial charge in [-0.3, -0.25) is 9.63 Å². The highest BCUT2D eigenvalue weighted by Gasteiger charge is 2.30. The second-order valence-electron chi connectivity index (χ2n) is 8.50. The lowest BCUT2D eigenvalue weighted by Crippen LogP contribution is -2.33. The number of hydroxylamine groups is 1. The van der Waals surface area contributed by atoms with Crippen molar-refractivity contribution in [2.75, 3.05) is 17.2 Å². The van der Waals surface area contributed by atoms with Crippen LogP contribution in [0.2, 0.25) is 0 Å². The molecule has 1 amide bonds. The van der Waals surface area contributed by atoms with Crippen LogP contribution < -0.4 is 16.1 Å². The molecule has 31 heavy (non-hydrogen) atoms. The molecule has 3 aromatic rings. The minimum absolute atomic E-state index is 0.0307. The molecule has 3 N–H and O–H groups in total. The van der Waals surface area contributed by atoms with E-state index in [-0.39, 0.29) is 23.0 Å². The Morgan fingerprint density at radius 1 is 1.29 bits per heavy atom. The van der Waals surface area contributed by atoms with Gasteiger partial charge >= 0.3 is 0 Å².